The third-order valence-electron chi connectivity index (χ3n) is 3.99. The summed E-state index contributed by atoms with van der Waals surface area (Å²) < 4.78 is 5.38. The number of benzene rings is 1. The van der Waals surface area contributed by atoms with Gasteiger partial charge >= 0.3 is 0 Å². The molecule has 1 aliphatic heterocycles. The molecule has 1 saturated heterocycles. The van der Waals surface area contributed by atoms with E-state index in [1.807, 2.05) is 18.2 Å². The lowest BCUT2D eigenvalue weighted by Crippen LogP contribution is -2.43. The summed E-state index contributed by atoms with van der Waals surface area (Å²) >= 11 is 0. The summed E-state index contributed by atoms with van der Waals surface area (Å²) in [7, 11) is 2.12. The summed E-state index contributed by atoms with van der Waals surface area (Å²) in [5.41, 5.74) is 1.20. The molecule has 21 heavy (non-hydrogen) atoms. The minimum Gasteiger partial charge on any atom is -0.338 e. The van der Waals surface area contributed by atoms with E-state index in [1.54, 1.807) is 0 Å². The molecule has 2 aromatic rings. The first-order valence-corrected chi connectivity index (χ1v) is 7.57. The number of likely N-dealkylation sites (N-methyl/N-ethyl adjacent to an activating group) is 1. The van der Waals surface area contributed by atoms with E-state index < -0.39 is 0 Å². The van der Waals surface area contributed by atoms with Crippen LogP contribution >= 0.6 is 0 Å². The molecule has 0 saturated carbocycles. The summed E-state index contributed by atoms with van der Waals surface area (Å²) in [4.78, 5) is 6.80. The number of nitrogens with one attached hydrogen (secondary N) is 1. The van der Waals surface area contributed by atoms with Crippen LogP contribution in [0.5, 0.6) is 0 Å². The maximum atomic E-state index is 5.38. The molecule has 1 N–H and O–H groups in total. The van der Waals surface area contributed by atoms with E-state index in [1.165, 1.54) is 18.4 Å². The zero-order valence-electron chi connectivity index (χ0n) is 12.5. The van der Waals surface area contributed by atoms with Gasteiger partial charge in [-0.2, -0.15) is 4.98 Å². The van der Waals surface area contributed by atoms with Crippen LogP contribution in [0.3, 0.4) is 0 Å². The van der Waals surface area contributed by atoms with Crippen molar-refractivity contribution in [3.63, 3.8) is 0 Å². The van der Waals surface area contributed by atoms with E-state index in [4.69, 9.17) is 4.52 Å². The molecule has 0 radical (unpaired) electrons. The van der Waals surface area contributed by atoms with Gasteiger partial charge in [-0.05, 0) is 32.0 Å². The van der Waals surface area contributed by atoms with Gasteiger partial charge in [-0.3, -0.25) is 4.90 Å². The van der Waals surface area contributed by atoms with Crippen LogP contribution in [0.1, 0.15) is 30.1 Å². The van der Waals surface area contributed by atoms with Gasteiger partial charge in [0, 0.05) is 19.0 Å². The summed E-state index contributed by atoms with van der Waals surface area (Å²) in [5.74, 6) is 1.46. The minimum atomic E-state index is 0.559. The second kappa shape index (κ2) is 6.83. The van der Waals surface area contributed by atoms with Crippen LogP contribution in [0.25, 0.3) is 0 Å². The Morgan fingerprint density at radius 3 is 2.95 bits per heavy atom. The molecule has 5 heteroatoms. The molecule has 1 fully saturated rings. The van der Waals surface area contributed by atoms with Crippen molar-refractivity contribution in [2.24, 2.45) is 0 Å². The molecule has 1 atom stereocenters. The summed E-state index contributed by atoms with van der Waals surface area (Å²) in [6.07, 6.45) is 3.19. The first-order valence-electron chi connectivity index (χ1n) is 7.57. The second-order valence-electron chi connectivity index (χ2n) is 5.68. The Hall–Kier alpha value is -1.72. The normalized spacial score (nSPS) is 19.0. The van der Waals surface area contributed by atoms with Crippen molar-refractivity contribution in [3.8, 4) is 0 Å². The van der Waals surface area contributed by atoms with Crippen molar-refractivity contribution in [2.75, 3.05) is 20.1 Å². The number of hydrogen-bond acceptors (Lipinski definition) is 5. The molecule has 0 amide bonds. The van der Waals surface area contributed by atoms with E-state index >= 15 is 0 Å². The maximum Gasteiger partial charge on any atom is 0.240 e. The van der Waals surface area contributed by atoms with E-state index in [-0.39, 0.29) is 0 Å². The fraction of sp³-hybridized carbons (Fsp3) is 0.500. The smallest absolute Gasteiger partial charge is 0.240 e. The fourth-order valence-corrected chi connectivity index (χ4v) is 2.76. The summed E-state index contributed by atoms with van der Waals surface area (Å²) in [6, 6.07) is 10.8. The molecular formula is C16H22N4O. The van der Waals surface area contributed by atoms with Crippen LogP contribution in [0.4, 0.5) is 0 Å². The molecule has 0 spiro atoms. The monoisotopic (exact) mass is 286 g/mol. The number of hydrogen-bond donors (Lipinski definition) is 1. The largest absolute Gasteiger partial charge is 0.338 e. The molecule has 5 nitrogen and oxygen atoms in total. The van der Waals surface area contributed by atoms with E-state index in [9.17, 15) is 0 Å². The summed E-state index contributed by atoms with van der Waals surface area (Å²) in [6.45, 7) is 2.89. The van der Waals surface area contributed by atoms with Gasteiger partial charge in [-0.25, -0.2) is 0 Å². The molecule has 2 heterocycles. The molecular weight excluding hydrogens is 264 g/mol. The molecule has 1 aromatic heterocycles. The number of piperidine rings is 1. The average Bonchev–Trinajstić information content (AvgIpc) is 2.96. The van der Waals surface area contributed by atoms with Gasteiger partial charge in [0.1, 0.15) is 0 Å². The molecule has 112 valence electrons. The SMILES string of the molecule is CN(Cc1nc(Cc2ccccc2)no1)C1CCCNC1. The fourth-order valence-electron chi connectivity index (χ4n) is 2.76. The molecule has 3 rings (SSSR count). The zero-order valence-corrected chi connectivity index (χ0v) is 12.5. The highest BCUT2D eigenvalue weighted by molar-refractivity contribution is 5.18. The first kappa shape index (κ1) is 14.2. The van der Waals surface area contributed by atoms with Gasteiger partial charge in [0.2, 0.25) is 5.89 Å². The Balaban J connectivity index is 1.57. The standard InChI is InChI=1S/C16H22N4O/c1-20(14-8-5-9-17-11-14)12-16-18-15(19-21-16)10-13-6-3-2-4-7-13/h2-4,6-7,14,17H,5,8-12H2,1H3. The average molecular weight is 286 g/mol. The van der Waals surface area contributed by atoms with E-state index in [0.717, 1.165) is 25.3 Å². The van der Waals surface area contributed by atoms with E-state index in [0.29, 0.717) is 18.5 Å². The molecule has 0 aliphatic carbocycles. The van der Waals surface area contributed by atoms with Gasteiger partial charge < -0.3 is 9.84 Å². The third kappa shape index (κ3) is 3.89. The molecule has 0 bridgehead atoms. The Bertz CT molecular complexity index is 548. The van der Waals surface area contributed by atoms with E-state index in [2.05, 4.69) is 39.5 Å². The lowest BCUT2D eigenvalue weighted by Gasteiger charge is -2.30. The van der Waals surface area contributed by atoms with Crippen LogP contribution in [0.2, 0.25) is 0 Å². The minimum absolute atomic E-state index is 0.559. The Labute approximate surface area is 125 Å². The van der Waals surface area contributed by atoms with Crippen LogP contribution in [0.15, 0.2) is 34.9 Å². The Kier molecular flexibility index (Phi) is 4.62. The lowest BCUT2D eigenvalue weighted by molar-refractivity contribution is 0.174. The molecule has 1 aliphatic rings. The van der Waals surface area contributed by atoms with Crippen molar-refractivity contribution in [1.82, 2.24) is 20.4 Å². The highest BCUT2D eigenvalue weighted by Gasteiger charge is 2.19. The third-order valence-corrected chi connectivity index (χ3v) is 3.99. The van der Waals surface area contributed by atoms with Crippen molar-refractivity contribution in [1.29, 1.82) is 0 Å². The van der Waals surface area contributed by atoms with Gasteiger partial charge in [0.05, 0.1) is 6.54 Å². The number of rotatable bonds is 5. The lowest BCUT2D eigenvalue weighted by atomic mass is 10.1. The van der Waals surface area contributed by atoms with Gasteiger partial charge in [0.15, 0.2) is 5.82 Å². The van der Waals surface area contributed by atoms with Crippen LogP contribution in [0, 0.1) is 0 Å². The molecule has 1 unspecified atom stereocenters. The van der Waals surface area contributed by atoms with Gasteiger partial charge in [0.25, 0.3) is 0 Å². The Morgan fingerprint density at radius 1 is 1.33 bits per heavy atom. The predicted molar refractivity (Wildman–Crippen MR) is 80.9 cm³/mol. The van der Waals surface area contributed by atoms with Crippen LogP contribution < -0.4 is 5.32 Å². The van der Waals surface area contributed by atoms with Gasteiger partial charge in [-0.15, -0.1) is 0 Å². The summed E-state index contributed by atoms with van der Waals surface area (Å²) in [5, 5.41) is 7.51. The number of aromatic nitrogens is 2. The van der Waals surface area contributed by atoms with Gasteiger partial charge in [-0.1, -0.05) is 35.5 Å². The number of nitrogens with zero attached hydrogens (tertiary/aromatic N) is 3. The van der Waals surface area contributed by atoms with Crippen LogP contribution in [-0.4, -0.2) is 41.2 Å². The van der Waals surface area contributed by atoms with Crippen molar-refractivity contribution < 1.29 is 4.52 Å². The predicted octanol–water partition coefficient (Wildman–Crippen LogP) is 1.84. The second-order valence-corrected chi connectivity index (χ2v) is 5.68. The van der Waals surface area contributed by atoms with Crippen LogP contribution in [-0.2, 0) is 13.0 Å². The van der Waals surface area contributed by atoms with Crippen molar-refractivity contribution in [2.45, 2.75) is 31.8 Å². The highest BCUT2D eigenvalue weighted by Crippen LogP contribution is 2.12. The quantitative estimate of drug-likeness (QED) is 0.909. The van der Waals surface area contributed by atoms with Crippen molar-refractivity contribution in [3.05, 3.63) is 47.6 Å². The molecule has 1 aromatic carbocycles. The first-order chi connectivity index (χ1) is 10.3. The van der Waals surface area contributed by atoms with Crippen molar-refractivity contribution >= 4 is 0 Å². The zero-order chi connectivity index (χ0) is 14.5. The highest BCUT2D eigenvalue weighted by atomic mass is 16.5. The maximum absolute atomic E-state index is 5.38. The Morgan fingerprint density at radius 2 is 2.19 bits per heavy atom. The topological polar surface area (TPSA) is 54.2 Å².